The average Bonchev–Trinajstić information content (AvgIpc) is 2.38. The molecule has 0 unspecified atom stereocenters. The molecule has 0 bridgehead atoms. The van der Waals surface area contributed by atoms with Crippen molar-refractivity contribution >= 4 is 10.0 Å². The highest BCUT2D eigenvalue weighted by Crippen LogP contribution is 2.20. The number of benzene rings is 1. The number of likely N-dealkylation sites (N-methyl/N-ethyl adjacent to an activating group) is 1. The summed E-state index contributed by atoms with van der Waals surface area (Å²) in [7, 11) is -2.53. The molecule has 0 aliphatic heterocycles. The van der Waals surface area contributed by atoms with Crippen molar-refractivity contribution in [2.24, 2.45) is 0 Å². The molecule has 0 fully saturated rings. The van der Waals surface area contributed by atoms with Crippen molar-refractivity contribution in [3.05, 3.63) is 29.6 Å². The van der Waals surface area contributed by atoms with Gasteiger partial charge in [0.1, 0.15) is 22.3 Å². The SMILES string of the molecule is CCOCCN(C)S(=O)(=O)c1cccc(F)c1C#N. The van der Waals surface area contributed by atoms with Gasteiger partial charge in [0.25, 0.3) is 0 Å². The Hall–Kier alpha value is -1.49. The van der Waals surface area contributed by atoms with Crippen molar-refractivity contribution in [3.8, 4) is 6.07 Å². The predicted molar refractivity (Wildman–Crippen MR) is 67.4 cm³/mol. The van der Waals surface area contributed by atoms with Gasteiger partial charge in [0, 0.05) is 20.2 Å². The minimum absolute atomic E-state index is 0.136. The van der Waals surface area contributed by atoms with Crippen LogP contribution < -0.4 is 0 Å². The fraction of sp³-hybridized carbons (Fsp3) is 0.417. The first-order chi connectivity index (χ1) is 8.95. The minimum atomic E-state index is -3.89. The molecule has 5 nitrogen and oxygen atoms in total. The summed E-state index contributed by atoms with van der Waals surface area (Å²) in [6.07, 6.45) is 0. The molecule has 0 radical (unpaired) electrons. The van der Waals surface area contributed by atoms with Gasteiger partial charge in [-0.25, -0.2) is 12.8 Å². The van der Waals surface area contributed by atoms with E-state index in [1.54, 1.807) is 13.0 Å². The second kappa shape index (κ2) is 6.61. The van der Waals surface area contributed by atoms with Crippen LogP contribution in [0.4, 0.5) is 4.39 Å². The van der Waals surface area contributed by atoms with Gasteiger partial charge in [-0.1, -0.05) is 6.07 Å². The molecule has 0 N–H and O–H groups in total. The maximum Gasteiger partial charge on any atom is 0.244 e. The third-order valence-electron chi connectivity index (χ3n) is 2.53. The number of ether oxygens (including phenoxy) is 1. The first-order valence-electron chi connectivity index (χ1n) is 5.67. The van der Waals surface area contributed by atoms with Gasteiger partial charge < -0.3 is 4.74 Å². The van der Waals surface area contributed by atoms with Crippen molar-refractivity contribution in [1.82, 2.24) is 4.31 Å². The van der Waals surface area contributed by atoms with Gasteiger partial charge in [-0.15, -0.1) is 0 Å². The Labute approximate surface area is 112 Å². The average molecular weight is 286 g/mol. The Morgan fingerprint density at radius 2 is 2.16 bits per heavy atom. The molecule has 0 atom stereocenters. The summed E-state index contributed by atoms with van der Waals surface area (Å²) in [6, 6.07) is 5.11. The maximum atomic E-state index is 13.4. The normalized spacial score (nSPS) is 11.5. The van der Waals surface area contributed by atoms with Crippen molar-refractivity contribution in [2.75, 3.05) is 26.8 Å². The van der Waals surface area contributed by atoms with Crippen LogP contribution in [0.15, 0.2) is 23.1 Å². The maximum absolute atomic E-state index is 13.4. The van der Waals surface area contributed by atoms with Gasteiger partial charge in [-0.3, -0.25) is 0 Å². The Bertz CT molecular complexity index is 581. The smallest absolute Gasteiger partial charge is 0.244 e. The monoisotopic (exact) mass is 286 g/mol. The molecule has 1 aromatic rings. The second-order valence-electron chi connectivity index (χ2n) is 3.75. The van der Waals surface area contributed by atoms with Gasteiger partial charge >= 0.3 is 0 Å². The zero-order valence-electron chi connectivity index (χ0n) is 10.8. The lowest BCUT2D eigenvalue weighted by molar-refractivity contribution is 0.138. The van der Waals surface area contributed by atoms with Crippen LogP contribution in [0.1, 0.15) is 12.5 Å². The molecule has 1 rings (SSSR count). The summed E-state index contributed by atoms with van der Waals surface area (Å²) < 4.78 is 44.0. The molecule has 0 aliphatic rings. The Morgan fingerprint density at radius 1 is 1.47 bits per heavy atom. The van der Waals surface area contributed by atoms with Crippen molar-refractivity contribution < 1.29 is 17.5 Å². The minimum Gasteiger partial charge on any atom is -0.380 e. The first-order valence-corrected chi connectivity index (χ1v) is 7.11. The molecular formula is C12H15FN2O3S. The summed E-state index contributed by atoms with van der Waals surface area (Å²) in [5.41, 5.74) is -0.467. The standard InChI is InChI=1S/C12H15FN2O3S/c1-3-18-8-7-15(2)19(16,17)12-6-4-5-11(13)10(12)9-14/h4-6H,3,7-8H2,1-2H3. The largest absolute Gasteiger partial charge is 0.380 e. The Kier molecular flexibility index (Phi) is 5.42. The van der Waals surface area contributed by atoms with Crippen LogP contribution in [0.3, 0.4) is 0 Å². The van der Waals surface area contributed by atoms with Gasteiger partial charge in [-0.05, 0) is 19.1 Å². The van der Waals surface area contributed by atoms with Gasteiger partial charge in [0.2, 0.25) is 10.0 Å². The zero-order chi connectivity index (χ0) is 14.5. The summed E-state index contributed by atoms with van der Waals surface area (Å²) in [5.74, 6) is -0.846. The topological polar surface area (TPSA) is 70.4 Å². The van der Waals surface area contributed by atoms with Crippen molar-refractivity contribution in [3.63, 3.8) is 0 Å². The Morgan fingerprint density at radius 3 is 2.74 bits per heavy atom. The molecule has 0 spiro atoms. The lowest BCUT2D eigenvalue weighted by atomic mass is 10.2. The van der Waals surface area contributed by atoms with E-state index < -0.39 is 21.4 Å². The van der Waals surface area contributed by atoms with E-state index in [1.165, 1.54) is 19.2 Å². The van der Waals surface area contributed by atoms with Crippen molar-refractivity contribution in [1.29, 1.82) is 5.26 Å². The summed E-state index contributed by atoms with van der Waals surface area (Å²) >= 11 is 0. The van der Waals surface area contributed by atoms with Crippen LogP contribution in [0.2, 0.25) is 0 Å². The molecule has 104 valence electrons. The van der Waals surface area contributed by atoms with Crippen LogP contribution in [0.5, 0.6) is 0 Å². The van der Waals surface area contributed by atoms with E-state index >= 15 is 0 Å². The zero-order valence-corrected chi connectivity index (χ0v) is 11.6. The fourth-order valence-electron chi connectivity index (χ4n) is 1.45. The molecule has 19 heavy (non-hydrogen) atoms. The van der Waals surface area contributed by atoms with E-state index in [1.807, 2.05) is 0 Å². The van der Waals surface area contributed by atoms with Crippen LogP contribution in [-0.2, 0) is 14.8 Å². The molecule has 0 aliphatic carbocycles. The Balaban J connectivity index is 3.08. The van der Waals surface area contributed by atoms with Crippen molar-refractivity contribution in [2.45, 2.75) is 11.8 Å². The third-order valence-corrected chi connectivity index (χ3v) is 4.43. The summed E-state index contributed by atoms with van der Waals surface area (Å²) in [6.45, 7) is 2.66. The highest BCUT2D eigenvalue weighted by molar-refractivity contribution is 7.89. The number of hydrogen-bond donors (Lipinski definition) is 0. The highest BCUT2D eigenvalue weighted by Gasteiger charge is 2.25. The third kappa shape index (κ3) is 3.50. The predicted octanol–water partition coefficient (Wildman–Crippen LogP) is 1.35. The number of hydrogen-bond acceptors (Lipinski definition) is 4. The molecule has 0 amide bonds. The van der Waals surface area contributed by atoms with Gasteiger partial charge in [-0.2, -0.15) is 9.57 Å². The lowest BCUT2D eigenvalue weighted by Crippen LogP contribution is -2.31. The van der Waals surface area contributed by atoms with Crippen LogP contribution in [0.25, 0.3) is 0 Å². The molecule has 0 heterocycles. The molecule has 0 saturated heterocycles. The highest BCUT2D eigenvalue weighted by atomic mass is 32.2. The number of rotatable bonds is 6. The number of nitrogens with zero attached hydrogens (tertiary/aromatic N) is 2. The van der Waals surface area contributed by atoms with E-state index in [2.05, 4.69) is 0 Å². The molecule has 7 heteroatoms. The second-order valence-corrected chi connectivity index (χ2v) is 5.76. The number of sulfonamides is 1. The van der Waals surface area contributed by atoms with Crippen LogP contribution >= 0.6 is 0 Å². The summed E-state index contributed by atoms with van der Waals surface area (Å²) in [5, 5.41) is 8.86. The van der Waals surface area contributed by atoms with E-state index in [0.29, 0.717) is 6.61 Å². The van der Waals surface area contributed by atoms with Gasteiger partial charge in [0.05, 0.1) is 6.61 Å². The van der Waals surface area contributed by atoms with E-state index in [4.69, 9.17) is 10.00 Å². The molecule has 0 aromatic heterocycles. The van der Waals surface area contributed by atoms with E-state index in [9.17, 15) is 12.8 Å². The fourth-order valence-corrected chi connectivity index (χ4v) is 2.76. The molecule has 0 saturated carbocycles. The van der Waals surface area contributed by atoms with E-state index in [-0.39, 0.29) is 18.0 Å². The molecular weight excluding hydrogens is 271 g/mol. The summed E-state index contributed by atoms with van der Waals surface area (Å²) in [4.78, 5) is -0.325. The van der Waals surface area contributed by atoms with Crippen LogP contribution in [0, 0.1) is 17.1 Å². The lowest BCUT2D eigenvalue weighted by Gasteiger charge is -2.17. The number of halogens is 1. The van der Waals surface area contributed by atoms with Crippen LogP contribution in [-0.4, -0.2) is 39.5 Å². The quantitative estimate of drug-likeness (QED) is 0.740. The van der Waals surface area contributed by atoms with E-state index in [0.717, 1.165) is 10.4 Å². The molecule has 1 aromatic carbocycles. The van der Waals surface area contributed by atoms with Gasteiger partial charge in [0.15, 0.2) is 0 Å². The first kappa shape index (κ1) is 15.6. The number of nitriles is 1.